The number of hydrogen-bond acceptors (Lipinski definition) is 8. The summed E-state index contributed by atoms with van der Waals surface area (Å²) in [6.45, 7) is 5.40. The Balaban J connectivity index is 1.34. The third-order valence-corrected chi connectivity index (χ3v) is 7.20. The highest BCUT2D eigenvalue weighted by Gasteiger charge is 2.25. The van der Waals surface area contributed by atoms with Crippen LogP contribution < -0.4 is 16.0 Å². The molecule has 0 saturated carbocycles. The number of carbonyl (C=O) groups is 2. The van der Waals surface area contributed by atoms with Gasteiger partial charge >= 0.3 is 0 Å². The number of hydrogen-bond donors (Lipinski definition) is 5. The predicted molar refractivity (Wildman–Crippen MR) is 156 cm³/mol. The van der Waals surface area contributed by atoms with Gasteiger partial charge in [-0.1, -0.05) is 23.7 Å². The number of aryl methyl sites for hydroxylation is 1. The minimum atomic E-state index is -0.233. The van der Waals surface area contributed by atoms with Crippen molar-refractivity contribution in [3.8, 4) is 0 Å². The monoisotopic (exact) mass is 562 g/mol. The van der Waals surface area contributed by atoms with E-state index in [2.05, 4.69) is 35.8 Å². The molecule has 4 aromatic rings. The minimum Gasteiger partial charge on any atom is -0.395 e. The number of rotatable bonds is 8. The number of halogens is 1. The van der Waals surface area contributed by atoms with Crippen LogP contribution in [0.15, 0.2) is 48.7 Å². The molecule has 2 amide bonds. The largest absolute Gasteiger partial charge is 0.395 e. The molecular weight excluding hydrogens is 532 g/mol. The lowest BCUT2D eigenvalue weighted by molar-refractivity contribution is 0.0616. The SMILES string of the molecule is CNC(=O)c1ccccc1Nc1nc(Nc2ccc3c(C(=O)N4CCN(CCO)CC4)c(C)[nH]c3c2)ncc1Cl. The summed E-state index contributed by atoms with van der Waals surface area (Å²) in [6.07, 6.45) is 1.48. The standard InChI is InChI=1S/C28H31ClN8O3/c1-17-24(27(40)37-11-9-36(10-12-37)13-14-38)19-8-7-18(15-23(19)32-17)33-28-31-16-21(29)25(35-28)34-22-6-4-3-5-20(22)26(39)30-2/h3-8,15-16,32,38H,9-14H2,1-2H3,(H,30,39)(H2,31,33,34,35). The molecule has 1 saturated heterocycles. The van der Waals surface area contributed by atoms with E-state index in [1.165, 1.54) is 6.20 Å². The van der Waals surface area contributed by atoms with Gasteiger partial charge in [0.2, 0.25) is 5.95 Å². The third kappa shape index (κ3) is 5.71. The molecule has 2 aromatic heterocycles. The average molecular weight is 563 g/mol. The number of nitrogens with one attached hydrogen (secondary N) is 4. The number of benzene rings is 2. The van der Waals surface area contributed by atoms with Gasteiger partial charge in [-0.05, 0) is 37.3 Å². The number of carbonyl (C=O) groups excluding carboxylic acids is 2. The van der Waals surface area contributed by atoms with Gasteiger partial charge in [0.1, 0.15) is 5.02 Å². The number of aliphatic hydroxyl groups is 1. The number of aliphatic hydroxyl groups excluding tert-OH is 1. The number of β-amino-alcohol motifs (C(OH)–C–C–N with tert-alkyl or cyclic N) is 1. The van der Waals surface area contributed by atoms with Crippen molar-refractivity contribution in [2.45, 2.75) is 6.92 Å². The number of aromatic nitrogens is 3. The minimum absolute atomic E-state index is 0.00175. The number of H-pyrrole nitrogens is 1. The van der Waals surface area contributed by atoms with Gasteiger partial charge in [-0.2, -0.15) is 4.98 Å². The lowest BCUT2D eigenvalue weighted by atomic mass is 10.1. The first kappa shape index (κ1) is 27.4. The quantitative estimate of drug-likeness (QED) is 0.220. The molecule has 1 aliphatic heterocycles. The number of amides is 2. The Bertz CT molecular complexity index is 1550. The third-order valence-electron chi connectivity index (χ3n) is 6.93. The van der Waals surface area contributed by atoms with Gasteiger partial charge in [0.25, 0.3) is 11.8 Å². The molecule has 5 rings (SSSR count). The Morgan fingerprint density at radius 2 is 1.88 bits per heavy atom. The van der Waals surface area contributed by atoms with Crippen molar-refractivity contribution in [3.63, 3.8) is 0 Å². The zero-order chi connectivity index (χ0) is 28.2. The molecule has 0 radical (unpaired) electrons. The van der Waals surface area contributed by atoms with Crippen molar-refractivity contribution in [1.29, 1.82) is 0 Å². The van der Waals surface area contributed by atoms with E-state index >= 15 is 0 Å². The molecule has 5 N–H and O–H groups in total. The molecule has 40 heavy (non-hydrogen) atoms. The number of nitrogens with zero attached hydrogens (tertiary/aromatic N) is 4. The van der Waals surface area contributed by atoms with Gasteiger partial charge in [0, 0.05) is 62.1 Å². The van der Waals surface area contributed by atoms with E-state index < -0.39 is 0 Å². The Morgan fingerprint density at radius 3 is 2.62 bits per heavy atom. The van der Waals surface area contributed by atoms with E-state index in [-0.39, 0.29) is 18.4 Å². The summed E-state index contributed by atoms with van der Waals surface area (Å²) >= 11 is 6.36. The summed E-state index contributed by atoms with van der Waals surface area (Å²) in [5.74, 6) is 0.424. The zero-order valence-corrected chi connectivity index (χ0v) is 23.0. The van der Waals surface area contributed by atoms with Crippen molar-refractivity contribution in [3.05, 3.63) is 70.5 Å². The number of aromatic amines is 1. The molecule has 0 atom stereocenters. The molecule has 2 aromatic carbocycles. The van der Waals surface area contributed by atoms with Crippen LogP contribution in [-0.2, 0) is 0 Å². The van der Waals surface area contributed by atoms with Crippen molar-refractivity contribution < 1.29 is 14.7 Å². The molecule has 0 bridgehead atoms. The lowest BCUT2D eigenvalue weighted by Crippen LogP contribution is -2.49. The lowest BCUT2D eigenvalue weighted by Gasteiger charge is -2.34. The first-order valence-corrected chi connectivity index (χ1v) is 13.4. The highest BCUT2D eigenvalue weighted by atomic mass is 35.5. The molecule has 1 fully saturated rings. The van der Waals surface area contributed by atoms with Gasteiger partial charge in [0.05, 0.1) is 29.6 Å². The summed E-state index contributed by atoms with van der Waals surface area (Å²) in [7, 11) is 1.57. The van der Waals surface area contributed by atoms with Crippen LogP contribution in [0.4, 0.5) is 23.1 Å². The molecule has 208 valence electrons. The highest BCUT2D eigenvalue weighted by Crippen LogP contribution is 2.30. The summed E-state index contributed by atoms with van der Waals surface area (Å²) in [5, 5.41) is 19.3. The Kier molecular flexibility index (Phi) is 8.15. The van der Waals surface area contributed by atoms with Crippen LogP contribution in [0.3, 0.4) is 0 Å². The summed E-state index contributed by atoms with van der Waals surface area (Å²) < 4.78 is 0. The molecule has 3 heterocycles. The molecule has 12 heteroatoms. The van der Waals surface area contributed by atoms with Gasteiger partial charge < -0.3 is 30.9 Å². The van der Waals surface area contributed by atoms with E-state index in [0.717, 1.165) is 35.4 Å². The number of fused-ring (bicyclic) bond motifs is 1. The normalized spacial score (nSPS) is 13.8. The van der Waals surface area contributed by atoms with Gasteiger partial charge in [-0.25, -0.2) is 4.98 Å². The zero-order valence-electron chi connectivity index (χ0n) is 22.3. The van der Waals surface area contributed by atoms with E-state index in [9.17, 15) is 14.7 Å². The first-order chi connectivity index (χ1) is 19.4. The molecule has 0 aliphatic carbocycles. The van der Waals surface area contributed by atoms with Crippen molar-refractivity contribution in [1.82, 2.24) is 30.1 Å². The molecule has 11 nitrogen and oxygen atoms in total. The molecule has 1 aliphatic rings. The van der Waals surface area contributed by atoms with E-state index in [0.29, 0.717) is 53.2 Å². The fourth-order valence-corrected chi connectivity index (χ4v) is 4.99. The van der Waals surface area contributed by atoms with E-state index in [1.54, 1.807) is 25.2 Å². The van der Waals surface area contributed by atoms with Crippen LogP contribution in [-0.4, -0.2) is 88.1 Å². The van der Waals surface area contributed by atoms with Gasteiger partial charge in [-0.15, -0.1) is 0 Å². The number of piperazine rings is 1. The Hall–Kier alpha value is -4.19. The maximum atomic E-state index is 13.4. The second-order valence-electron chi connectivity index (χ2n) is 9.51. The van der Waals surface area contributed by atoms with Crippen LogP contribution in [0.25, 0.3) is 10.9 Å². The highest BCUT2D eigenvalue weighted by molar-refractivity contribution is 6.33. The smallest absolute Gasteiger partial charge is 0.256 e. The topological polar surface area (TPSA) is 139 Å². The van der Waals surface area contributed by atoms with Crippen LogP contribution in [0.1, 0.15) is 26.4 Å². The maximum Gasteiger partial charge on any atom is 0.256 e. The van der Waals surface area contributed by atoms with Crippen LogP contribution >= 0.6 is 11.6 Å². The fraction of sp³-hybridized carbons (Fsp3) is 0.286. The van der Waals surface area contributed by atoms with Gasteiger partial charge in [0.15, 0.2) is 5.82 Å². The summed E-state index contributed by atoms with van der Waals surface area (Å²) in [4.78, 5) is 41.8. The second kappa shape index (κ2) is 11.9. The predicted octanol–water partition coefficient (Wildman–Crippen LogP) is 3.52. The van der Waals surface area contributed by atoms with Crippen molar-refractivity contribution >= 4 is 57.5 Å². The van der Waals surface area contributed by atoms with Gasteiger partial charge in [-0.3, -0.25) is 14.5 Å². The first-order valence-electron chi connectivity index (χ1n) is 13.0. The summed E-state index contributed by atoms with van der Waals surface area (Å²) in [6, 6.07) is 12.8. The maximum absolute atomic E-state index is 13.4. The van der Waals surface area contributed by atoms with E-state index in [1.807, 2.05) is 36.1 Å². The summed E-state index contributed by atoms with van der Waals surface area (Å²) in [5.41, 5.74) is 4.03. The number of para-hydroxylation sites is 1. The second-order valence-corrected chi connectivity index (χ2v) is 9.91. The van der Waals surface area contributed by atoms with Crippen molar-refractivity contribution in [2.24, 2.45) is 0 Å². The van der Waals surface area contributed by atoms with Crippen LogP contribution in [0, 0.1) is 6.92 Å². The average Bonchev–Trinajstić information content (AvgIpc) is 3.29. The molecule has 0 spiro atoms. The Labute approximate surface area is 236 Å². The molecule has 0 unspecified atom stereocenters. The van der Waals surface area contributed by atoms with Crippen molar-refractivity contribution in [2.75, 3.05) is 57.0 Å². The van der Waals surface area contributed by atoms with E-state index in [4.69, 9.17) is 11.6 Å². The molecular formula is C28H31ClN8O3. The Morgan fingerprint density at radius 1 is 1.10 bits per heavy atom. The van der Waals surface area contributed by atoms with Crippen LogP contribution in [0.5, 0.6) is 0 Å². The fourth-order valence-electron chi connectivity index (χ4n) is 4.86. The number of anilines is 4. The van der Waals surface area contributed by atoms with Crippen LogP contribution in [0.2, 0.25) is 5.02 Å².